The normalized spacial score (nSPS) is 16.6. The predicted octanol–water partition coefficient (Wildman–Crippen LogP) is 1.86. The third-order valence-electron chi connectivity index (χ3n) is 2.62. The van der Waals surface area contributed by atoms with Crippen molar-refractivity contribution in [2.24, 2.45) is 0 Å². The lowest BCUT2D eigenvalue weighted by Crippen LogP contribution is -2.28. The number of aromatic nitrogens is 1. The molecule has 0 aromatic carbocycles. The van der Waals surface area contributed by atoms with Crippen LogP contribution in [0.3, 0.4) is 0 Å². The third kappa shape index (κ3) is 2.69. The van der Waals surface area contributed by atoms with E-state index in [1.807, 2.05) is 16.7 Å². The minimum absolute atomic E-state index is 0.160. The van der Waals surface area contributed by atoms with Gasteiger partial charge in [0.1, 0.15) is 5.56 Å². The maximum Gasteiger partial charge on any atom is 0.338 e. The first-order valence-corrected chi connectivity index (χ1v) is 6.56. The smallest absolute Gasteiger partial charge is 0.338 e. The van der Waals surface area contributed by atoms with Crippen LogP contribution in [-0.2, 0) is 0 Å². The number of aromatic carboxylic acids is 1. The van der Waals surface area contributed by atoms with Gasteiger partial charge < -0.3 is 10.0 Å². The molecule has 1 aliphatic heterocycles. The Bertz CT molecular complexity index is 420. The van der Waals surface area contributed by atoms with Gasteiger partial charge in [0.15, 0.2) is 11.6 Å². The van der Waals surface area contributed by atoms with Crippen LogP contribution in [0.25, 0.3) is 0 Å². The van der Waals surface area contributed by atoms with Gasteiger partial charge in [-0.05, 0) is 18.2 Å². The molecule has 17 heavy (non-hydrogen) atoms. The SMILES string of the molecule is O=C(O)c1ccnc(N2CCCSCC2)c1F. The topological polar surface area (TPSA) is 53.4 Å². The molecular weight excluding hydrogens is 243 g/mol. The fourth-order valence-corrected chi connectivity index (χ4v) is 2.66. The molecule has 1 aromatic heterocycles. The quantitative estimate of drug-likeness (QED) is 0.875. The van der Waals surface area contributed by atoms with Gasteiger partial charge in [-0.15, -0.1) is 0 Å². The zero-order chi connectivity index (χ0) is 12.3. The van der Waals surface area contributed by atoms with Gasteiger partial charge in [0.05, 0.1) is 0 Å². The van der Waals surface area contributed by atoms with E-state index in [1.54, 1.807) is 0 Å². The van der Waals surface area contributed by atoms with Crippen molar-refractivity contribution >= 4 is 23.5 Å². The minimum Gasteiger partial charge on any atom is -0.478 e. The zero-order valence-electron chi connectivity index (χ0n) is 9.23. The Balaban J connectivity index is 2.30. The molecule has 1 aliphatic rings. The number of carboxylic acids is 1. The minimum atomic E-state index is -1.25. The zero-order valence-corrected chi connectivity index (χ0v) is 10.0. The van der Waals surface area contributed by atoms with Crippen LogP contribution in [0.5, 0.6) is 0 Å². The van der Waals surface area contributed by atoms with Crippen molar-refractivity contribution in [1.29, 1.82) is 0 Å². The Morgan fingerprint density at radius 2 is 2.29 bits per heavy atom. The highest BCUT2D eigenvalue weighted by atomic mass is 32.2. The predicted molar refractivity (Wildman–Crippen MR) is 65.3 cm³/mol. The maximum absolute atomic E-state index is 13.9. The molecule has 2 heterocycles. The molecule has 0 amide bonds. The molecule has 1 fully saturated rings. The van der Waals surface area contributed by atoms with Crippen LogP contribution in [-0.4, -0.2) is 40.7 Å². The molecule has 1 N–H and O–H groups in total. The number of pyridine rings is 1. The number of halogens is 1. The molecule has 0 unspecified atom stereocenters. The van der Waals surface area contributed by atoms with Gasteiger partial charge in [-0.25, -0.2) is 14.2 Å². The van der Waals surface area contributed by atoms with E-state index >= 15 is 0 Å². The van der Waals surface area contributed by atoms with Crippen molar-refractivity contribution in [2.75, 3.05) is 29.5 Å². The van der Waals surface area contributed by atoms with E-state index in [2.05, 4.69) is 4.98 Å². The van der Waals surface area contributed by atoms with E-state index in [0.717, 1.165) is 24.5 Å². The molecule has 0 spiro atoms. The van der Waals surface area contributed by atoms with E-state index in [9.17, 15) is 9.18 Å². The van der Waals surface area contributed by atoms with Gasteiger partial charge in [0.25, 0.3) is 0 Å². The summed E-state index contributed by atoms with van der Waals surface area (Å²) in [6.45, 7) is 1.43. The Hall–Kier alpha value is -1.30. The lowest BCUT2D eigenvalue weighted by molar-refractivity contribution is 0.0691. The summed E-state index contributed by atoms with van der Waals surface area (Å²) < 4.78 is 13.9. The first-order valence-electron chi connectivity index (χ1n) is 5.40. The van der Waals surface area contributed by atoms with Crippen molar-refractivity contribution in [3.05, 3.63) is 23.6 Å². The van der Waals surface area contributed by atoms with Crippen LogP contribution < -0.4 is 4.90 Å². The van der Waals surface area contributed by atoms with Crippen molar-refractivity contribution in [3.63, 3.8) is 0 Å². The second-order valence-corrected chi connectivity index (χ2v) is 4.98. The molecular formula is C11H13FN2O2S. The van der Waals surface area contributed by atoms with Crippen LogP contribution in [0.2, 0.25) is 0 Å². The number of anilines is 1. The van der Waals surface area contributed by atoms with Crippen molar-refractivity contribution < 1.29 is 14.3 Å². The van der Waals surface area contributed by atoms with Gasteiger partial charge >= 0.3 is 5.97 Å². The monoisotopic (exact) mass is 256 g/mol. The molecule has 1 saturated heterocycles. The summed E-state index contributed by atoms with van der Waals surface area (Å²) in [5.74, 6) is 0.143. The van der Waals surface area contributed by atoms with Gasteiger partial charge in [-0.1, -0.05) is 0 Å². The molecule has 1 aromatic rings. The highest BCUT2D eigenvalue weighted by Crippen LogP contribution is 2.22. The fourth-order valence-electron chi connectivity index (χ4n) is 1.78. The van der Waals surface area contributed by atoms with Gasteiger partial charge in [0.2, 0.25) is 0 Å². The first-order chi connectivity index (χ1) is 8.20. The number of hydrogen-bond donors (Lipinski definition) is 1. The van der Waals surface area contributed by atoms with Crippen molar-refractivity contribution in [2.45, 2.75) is 6.42 Å². The average molecular weight is 256 g/mol. The van der Waals surface area contributed by atoms with E-state index in [4.69, 9.17) is 5.11 Å². The Morgan fingerprint density at radius 3 is 3.06 bits per heavy atom. The van der Waals surface area contributed by atoms with E-state index < -0.39 is 11.8 Å². The van der Waals surface area contributed by atoms with Crippen LogP contribution in [0, 0.1) is 5.82 Å². The van der Waals surface area contributed by atoms with Crippen LogP contribution in [0.15, 0.2) is 12.3 Å². The fraction of sp³-hybridized carbons (Fsp3) is 0.455. The number of thioether (sulfide) groups is 1. The third-order valence-corrected chi connectivity index (χ3v) is 3.67. The number of hydrogen-bond acceptors (Lipinski definition) is 4. The van der Waals surface area contributed by atoms with Crippen LogP contribution in [0.1, 0.15) is 16.8 Å². The Kier molecular flexibility index (Phi) is 3.83. The Morgan fingerprint density at radius 1 is 1.47 bits per heavy atom. The first kappa shape index (κ1) is 12.2. The maximum atomic E-state index is 13.9. The average Bonchev–Trinajstić information content (AvgIpc) is 2.57. The van der Waals surface area contributed by atoms with Crippen molar-refractivity contribution in [3.8, 4) is 0 Å². The van der Waals surface area contributed by atoms with Gasteiger partial charge in [0, 0.05) is 25.0 Å². The number of rotatable bonds is 2. The number of nitrogens with zero attached hydrogens (tertiary/aromatic N) is 2. The summed E-state index contributed by atoms with van der Waals surface area (Å²) in [5.41, 5.74) is -0.313. The number of carboxylic acid groups (broad SMARTS) is 1. The molecule has 0 saturated carbocycles. The summed E-state index contributed by atoms with van der Waals surface area (Å²) in [7, 11) is 0. The second-order valence-electron chi connectivity index (χ2n) is 3.75. The Labute approximate surface area is 103 Å². The van der Waals surface area contributed by atoms with Gasteiger partial charge in [-0.2, -0.15) is 11.8 Å². The second kappa shape index (κ2) is 5.35. The van der Waals surface area contributed by atoms with Gasteiger partial charge in [-0.3, -0.25) is 0 Å². The molecule has 92 valence electrons. The molecule has 0 bridgehead atoms. The highest BCUT2D eigenvalue weighted by Gasteiger charge is 2.20. The largest absolute Gasteiger partial charge is 0.478 e. The van der Waals surface area contributed by atoms with Crippen LogP contribution >= 0.6 is 11.8 Å². The summed E-state index contributed by atoms with van der Waals surface area (Å²) in [6, 6.07) is 1.19. The lowest BCUT2D eigenvalue weighted by Gasteiger charge is -2.21. The van der Waals surface area contributed by atoms with E-state index in [0.29, 0.717) is 6.54 Å². The molecule has 0 radical (unpaired) electrons. The highest BCUT2D eigenvalue weighted by molar-refractivity contribution is 7.99. The van der Waals surface area contributed by atoms with E-state index in [-0.39, 0.29) is 11.4 Å². The van der Waals surface area contributed by atoms with Crippen LogP contribution in [0.4, 0.5) is 10.2 Å². The summed E-state index contributed by atoms with van der Waals surface area (Å²) in [4.78, 5) is 16.6. The molecule has 0 atom stereocenters. The molecule has 0 aliphatic carbocycles. The number of carbonyl (C=O) groups is 1. The molecule has 2 rings (SSSR count). The summed E-state index contributed by atoms with van der Waals surface area (Å²) in [6.07, 6.45) is 2.31. The lowest BCUT2D eigenvalue weighted by atomic mass is 10.2. The van der Waals surface area contributed by atoms with Crippen molar-refractivity contribution in [1.82, 2.24) is 4.98 Å². The molecule has 6 heteroatoms. The summed E-state index contributed by atoms with van der Waals surface area (Å²) in [5, 5.41) is 8.85. The van der Waals surface area contributed by atoms with E-state index in [1.165, 1.54) is 12.3 Å². The standard InChI is InChI=1S/C11H13FN2O2S/c12-9-8(11(15)16)2-3-13-10(9)14-4-1-6-17-7-5-14/h2-3H,1,4-7H2,(H,15,16). The molecule has 4 nitrogen and oxygen atoms in total. The summed E-state index contributed by atoms with van der Waals surface area (Å²) >= 11 is 1.82.